The molecule has 0 unspecified atom stereocenters. The van der Waals surface area contributed by atoms with Gasteiger partial charge in [-0.05, 0) is 13.3 Å². The van der Waals surface area contributed by atoms with Gasteiger partial charge in [0, 0.05) is 19.5 Å². The molecular formula is C11H15NO2. The highest BCUT2D eigenvalue weighted by Gasteiger charge is 2.10. The van der Waals surface area contributed by atoms with E-state index < -0.39 is 6.09 Å². The van der Waals surface area contributed by atoms with E-state index in [4.69, 9.17) is 0 Å². The van der Waals surface area contributed by atoms with Gasteiger partial charge in [-0.25, -0.2) is 9.69 Å². The molecule has 3 heteroatoms. The van der Waals surface area contributed by atoms with Crippen molar-refractivity contribution in [2.45, 2.75) is 33.6 Å². The van der Waals surface area contributed by atoms with Crippen molar-refractivity contribution in [1.29, 1.82) is 0 Å². The van der Waals surface area contributed by atoms with Gasteiger partial charge in [-0.3, -0.25) is 0 Å². The molecule has 76 valence electrons. The van der Waals surface area contributed by atoms with Crippen molar-refractivity contribution < 1.29 is 9.53 Å². The van der Waals surface area contributed by atoms with Crippen molar-refractivity contribution >= 4 is 6.09 Å². The van der Waals surface area contributed by atoms with Gasteiger partial charge in [0.1, 0.15) is 6.11 Å². The Kier molecular flexibility index (Phi) is 7.09. The highest BCUT2D eigenvalue weighted by Crippen LogP contribution is 1.96. The second-order valence-electron chi connectivity index (χ2n) is 2.59. The van der Waals surface area contributed by atoms with Crippen molar-refractivity contribution in [1.82, 2.24) is 4.90 Å². The molecule has 0 rings (SSSR count). The number of hydrogen-bond donors (Lipinski definition) is 0. The number of nitrogens with zero attached hydrogens (tertiary/aromatic N) is 1. The van der Waals surface area contributed by atoms with Crippen LogP contribution in [0.3, 0.4) is 0 Å². The van der Waals surface area contributed by atoms with E-state index in [9.17, 15) is 4.79 Å². The average Bonchev–Trinajstić information content (AvgIpc) is 2.20. The minimum absolute atomic E-state index is 0.498. The second kappa shape index (κ2) is 8.01. The van der Waals surface area contributed by atoms with E-state index in [1.54, 1.807) is 13.8 Å². The molecule has 0 fully saturated rings. The van der Waals surface area contributed by atoms with Crippen LogP contribution in [0.15, 0.2) is 0 Å². The molecule has 0 bridgehead atoms. The lowest BCUT2D eigenvalue weighted by molar-refractivity contribution is 0.163. The summed E-state index contributed by atoms with van der Waals surface area (Å²) in [6, 6.07) is 2.67. The second-order valence-corrected chi connectivity index (χ2v) is 2.59. The number of carbonyl (C=O) groups is 1. The average molecular weight is 193 g/mol. The molecule has 0 saturated heterocycles. The molecule has 0 spiro atoms. The zero-order valence-electron chi connectivity index (χ0n) is 8.89. The van der Waals surface area contributed by atoms with Gasteiger partial charge in [0.2, 0.25) is 0 Å². The minimum atomic E-state index is -0.498. The maximum Gasteiger partial charge on any atom is 0.435 e. The molecule has 1 amide bonds. The van der Waals surface area contributed by atoms with Crippen LogP contribution >= 0.6 is 0 Å². The van der Waals surface area contributed by atoms with E-state index in [0.29, 0.717) is 6.54 Å². The Hall–Kier alpha value is -1.61. The molecule has 0 atom stereocenters. The van der Waals surface area contributed by atoms with Crippen molar-refractivity contribution in [3.63, 3.8) is 0 Å². The zero-order chi connectivity index (χ0) is 10.8. The van der Waals surface area contributed by atoms with Crippen LogP contribution in [0.25, 0.3) is 0 Å². The Morgan fingerprint density at radius 2 is 2.07 bits per heavy atom. The van der Waals surface area contributed by atoms with Gasteiger partial charge in [-0.15, -0.1) is 0 Å². The Morgan fingerprint density at radius 1 is 1.36 bits per heavy atom. The third kappa shape index (κ3) is 5.11. The van der Waals surface area contributed by atoms with Gasteiger partial charge in [0.25, 0.3) is 0 Å². The van der Waals surface area contributed by atoms with Crippen LogP contribution in [-0.2, 0) is 4.74 Å². The lowest BCUT2D eigenvalue weighted by Gasteiger charge is -2.11. The minimum Gasteiger partial charge on any atom is -0.355 e. The van der Waals surface area contributed by atoms with Crippen LogP contribution in [0.2, 0.25) is 0 Å². The molecule has 0 aromatic rings. The Labute approximate surface area is 85.4 Å². The normalized spacial score (nSPS) is 7.64. The molecule has 0 aliphatic heterocycles. The van der Waals surface area contributed by atoms with Gasteiger partial charge >= 0.3 is 6.09 Å². The molecule has 0 aliphatic rings. The predicted octanol–water partition coefficient (Wildman–Crippen LogP) is 2.19. The third-order valence-electron chi connectivity index (χ3n) is 1.44. The summed E-state index contributed by atoms with van der Waals surface area (Å²) >= 11 is 0. The molecule has 0 heterocycles. The summed E-state index contributed by atoms with van der Waals surface area (Å²) in [6.45, 7) is 5.92. The van der Waals surface area contributed by atoms with Crippen LogP contribution in [0.5, 0.6) is 0 Å². The molecule has 0 N–H and O–H groups in total. The smallest absolute Gasteiger partial charge is 0.355 e. The van der Waals surface area contributed by atoms with E-state index in [2.05, 4.69) is 35.7 Å². The number of carbonyl (C=O) groups excluding carboxylic acids is 1. The first-order chi connectivity index (χ1) is 6.76. The molecule has 0 aromatic carbocycles. The fraction of sp³-hybridized carbons (Fsp3) is 0.545. The number of unbranched alkanes of at least 4 members (excludes halogenated alkanes) is 1. The monoisotopic (exact) mass is 193 g/mol. The van der Waals surface area contributed by atoms with E-state index in [-0.39, 0.29) is 0 Å². The van der Waals surface area contributed by atoms with E-state index >= 15 is 0 Å². The zero-order valence-corrected chi connectivity index (χ0v) is 8.89. The van der Waals surface area contributed by atoms with E-state index in [0.717, 1.165) is 12.8 Å². The Balaban J connectivity index is 4.20. The summed E-state index contributed by atoms with van der Waals surface area (Å²) in [5.41, 5.74) is 0. The first-order valence-corrected chi connectivity index (χ1v) is 4.58. The fourth-order valence-corrected chi connectivity index (χ4v) is 0.794. The van der Waals surface area contributed by atoms with Gasteiger partial charge < -0.3 is 4.74 Å². The fourth-order valence-electron chi connectivity index (χ4n) is 0.794. The van der Waals surface area contributed by atoms with Gasteiger partial charge in [0.05, 0.1) is 0 Å². The SMILES string of the molecule is CC#COC(=O)N(C#CC)CCCC. The quantitative estimate of drug-likeness (QED) is 0.508. The van der Waals surface area contributed by atoms with Crippen molar-refractivity contribution in [2.24, 2.45) is 0 Å². The standard InChI is InChI=1S/C11H15NO2/c1-4-7-9-12(8-5-2)11(13)14-10-6-3/h4,7,9H2,1-3H3. The summed E-state index contributed by atoms with van der Waals surface area (Å²) in [4.78, 5) is 12.6. The summed E-state index contributed by atoms with van der Waals surface area (Å²) in [7, 11) is 0. The number of rotatable bonds is 3. The van der Waals surface area contributed by atoms with Gasteiger partial charge in [0.15, 0.2) is 0 Å². The van der Waals surface area contributed by atoms with Gasteiger partial charge in [-0.1, -0.05) is 25.2 Å². The number of amides is 1. The highest BCUT2D eigenvalue weighted by atomic mass is 16.5. The van der Waals surface area contributed by atoms with Crippen molar-refractivity contribution in [2.75, 3.05) is 6.54 Å². The predicted molar refractivity (Wildman–Crippen MR) is 55.0 cm³/mol. The molecule has 3 nitrogen and oxygen atoms in total. The first kappa shape index (κ1) is 12.4. The first-order valence-electron chi connectivity index (χ1n) is 4.58. The van der Waals surface area contributed by atoms with E-state index in [1.807, 2.05) is 0 Å². The summed E-state index contributed by atoms with van der Waals surface area (Å²) in [5, 5.41) is 0. The van der Waals surface area contributed by atoms with Crippen molar-refractivity contribution in [3.8, 4) is 24.0 Å². The molecule has 0 radical (unpaired) electrons. The maximum absolute atomic E-state index is 11.3. The third-order valence-corrected chi connectivity index (χ3v) is 1.44. The Bertz CT molecular complexity index is 288. The van der Waals surface area contributed by atoms with Crippen LogP contribution in [0.1, 0.15) is 33.6 Å². The maximum atomic E-state index is 11.3. The van der Waals surface area contributed by atoms with Crippen molar-refractivity contribution in [3.05, 3.63) is 0 Å². The van der Waals surface area contributed by atoms with Gasteiger partial charge in [-0.2, -0.15) is 0 Å². The van der Waals surface area contributed by atoms with Crippen LogP contribution in [-0.4, -0.2) is 17.5 Å². The molecule has 0 saturated carbocycles. The lowest BCUT2D eigenvalue weighted by atomic mass is 10.3. The largest absolute Gasteiger partial charge is 0.435 e. The molecular weight excluding hydrogens is 178 g/mol. The number of ether oxygens (including phenoxy) is 1. The highest BCUT2D eigenvalue weighted by molar-refractivity contribution is 5.70. The molecule has 14 heavy (non-hydrogen) atoms. The molecule has 0 aliphatic carbocycles. The summed E-state index contributed by atoms with van der Waals surface area (Å²) < 4.78 is 4.63. The Morgan fingerprint density at radius 3 is 2.57 bits per heavy atom. The van der Waals surface area contributed by atoms with Crippen LogP contribution in [0, 0.1) is 24.0 Å². The van der Waals surface area contributed by atoms with Crippen LogP contribution < -0.4 is 0 Å². The van der Waals surface area contributed by atoms with E-state index in [1.165, 1.54) is 4.90 Å². The molecule has 0 aromatic heterocycles. The lowest BCUT2D eigenvalue weighted by Crippen LogP contribution is -2.26. The number of hydrogen-bond acceptors (Lipinski definition) is 2. The topological polar surface area (TPSA) is 29.5 Å². The summed E-state index contributed by atoms with van der Waals surface area (Å²) in [6.07, 6.45) is 3.67. The summed E-state index contributed by atoms with van der Waals surface area (Å²) in [5.74, 6) is 5.14. The van der Waals surface area contributed by atoms with Crippen LogP contribution in [0.4, 0.5) is 4.79 Å².